The van der Waals surface area contributed by atoms with Gasteiger partial charge in [-0.25, -0.2) is 4.79 Å². The first kappa shape index (κ1) is 43.4. The van der Waals surface area contributed by atoms with E-state index in [4.69, 9.17) is 28.4 Å². The van der Waals surface area contributed by atoms with Gasteiger partial charge >= 0.3 is 12.1 Å². The third-order valence-corrected chi connectivity index (χ3v) is 9.45. The Labute approximate surface area is 313 Å². The predicted octanol–water partition coefficient (Wildman–Crippen LogP) is 9.40. The fourth-order valence-corrected chi connectivity index (χ4v) is 6.56. The number of fused-ring (bicyclic) bond motifs is 3. The maximum absolute atomic E-state index is 12.2. The molecule has 0 heterocycles. The van der Waals surface area contributed by atoms with Crippen molar-refractivity contribution in [3.63, 3.8) is 0 Å². The molecular formula is C43H67NO8. The zero-order valence-electron chi connectivity index (χ0n) is 32.1. The van der Waals surface area contributed by atoms with Crippen molar-refractivity contribution >= 4 is 12.1 Å². The summed E-state index contributed by atoms with van der Waals surface area (Å²) in [6.07, 6.45) is 19.7. The van der Waals surface area contributed by atoms with Gasteiger partial charge < -0.3 is 33.7 Å². The van der Waals surface area contributed by atoms with Gasteiger partial charge in [-0.05, 0) is 28.7 Å². The van der Waals surface area contributed by atoms with Crippen molar-refractivity contribution in [3.05, 3.63) is 59.7 Å². The average molecular weight is 726 g/mol. The lowest BCUT2D eigenvalue weighted by Gasteiger charge is -2.14. The lowest BCUT2D eigenvalue weighted by atomic mass is 9.98. The molecule has 0 saturated carbocycles. The number of ether oxygens (including phenoxy) is 6. The molecule has 0 fully saturated rings. The summed E-state index contributed by atoms with van der Waals surface area (Å²) < 4.78 is 32.8. The van der Waals surface area contributed by atoms with Crippen LogP contribution < -0.4 is 5.32 Å². The van der Waals surface area contributed by atoms with Gasteiger partial charge in [-0.15, -0.1) is 0 Å². The molecule has 0 atom stereocenters. The number of alkyl carbamates (subject to hydrolysis) is 1. The second kappa shape index (κ2) is 29.5. The molecule has 0 aromatic heterocycles. The SMILES string of the molecule is CCCCCCCCCCCCCCCCCC(=O)OCCOCCOCCOCCOCCNC(=O)OCC1c2ccccc2-c2ccccc21. The summed E-state index contributed by atoms with van der Waals surface area (Å²) in [6, 6.07) is 16.5. The van der Waals surface area contributed by atoms with Crippen LogP contribution >= 0.6 is 0 Å². The number of unbranched alkanes of at least 4 members (excludes halogenated alkanes) is 14. The summed E-state index contributed by atoms with van der Waals surface area (Å²) >= 11 is 0. The fourth-order valence-electron chi connectivity index (χ4n) is 6.56. The van der Waals surface area contributed by atoms with E-state index in [1.165, 1.54) is 106 Å². The van der Waals surface area contributed by atoms with Gasteiger partial charge in [-0.3, -0.25) is 4.79 Å². The minimum atomic E-state index is -0.450. The standard InChI is InChI=1S/C43H67NO8/c1-2-3-4-5-6-7-8-9-10-11-12-13-14-15-16-25-42(45)51-35-34-50-33-32-49-31-30-48-29-28-47-27-26-44-43(46)52-36-41-39-23-19-17-21-37(39)38-22-18-20-24-40(38)41/h17-24,41H,2-16,25-36H2,1H3,(H,44,46). The van der Waals surface area contributed by atoms with Gasteiger partial charge in [-0.2, -0.15) is 0 Å². The number of carbonyl (C=O) groups excluding carboxylic acids is 2. The predicted molar refractivity (Wildman–Crippen MR) is 207 cm³/mol. The maximum Gasteiger partial charge on any atom is 0.407 e. The Morgan fingerprint density at radius 1 is 0.519 bits per heavy atom. The van der Waals surface area contributed by atoms with Crippen LogP contribution in [0, 0.1) is 0 Å². The number of carbonyl (C=O) groups is 2. The minimum Gasteiger partial charge on any atom is -0.463 e. The maximum atomic E-state index is 12.2. The monoisotopic (exact) mass is 725 g/mol. The number of nitrogens with one attached hydrogen (secondary N) is 1. The van der Waals surface area contributed by atoms with Crippen molar-refractivity contribution in [2.24, 2.45) is 0 Å². The van der Waals surface area contributed by atoms with Crippen molar-refractivity contribution in [1.82, 2.24) is 5.32 Å². The quantitative estimate of drug-likeness (QED) is 0.0574. The largest absolute Gasteiger partial charge is 0.463 e. The molecule has 0 bridgehead atoms. The summed E-state index contributed by atoms with van der Waals surface area (Å²) in [7, 11) is 0. The van der Waals surface area contributed by atoms with Crippen LogP contribution in [0.1, 0.15) is 127 Å². The van der Waals surface area contributed by atoms with E-state index in [0.717, 1.165) is 12.8 Å². The molecule has 0 radical (unpaired) electrons. The molecule has 0 aliphatic heterocycles. The molecule has 1 aliphatic carbocycles. The zero-order valence-corrected chi connectivity index (χ0v) is 32.1. The summed E-state index contributed by atoms with van der Waals surface area (Å²) in [5.41, 5.74) is 4.78. The highest BCUT2D eigenvalue weighted by Crippen LogP contribution is 2.44. The van der Waals surface area contributed by atoms with Gasteiger partial charge in [-0.1, -0.05) is 145 Å². The van der Waals surface area contributed by atoms with E-state index < -0.39 is 6.09 Å². The Hall–Kier alpha value is -2.98. The molecule has 2 aromatic carbocycles. The van der Waals surface area contributed by atoms with Crippen molar-refractivity contribution in [1.29, 1.82) is 0 Å². The highest BCUT2D eigenvalue weighted by Gasteiger charge is 2.28. The molecular weight excluding hydrogens is 658 g/mol. The molecule has 9 nitrogen and oxygen atoms in total. The van der Waals surface area contributed by atoms with Gasteiger partial charge in [0.05, 0.1) is 52.9 Å². The van der Waals surface area contributed by atoms with E-state index in [2.05, 4.69) is 36.5 Å². The summed E-state index contributed by atoms with van der Waals surface area (Å²) in [5.74, 6) is -0.0969. The van der Waals surface area contributed by atoms with Gasteiger partial charge in [0.1, 0.15) is 13.2 Å². The molecule has 1 aliphatic rings. The van der Waals surface area contributed by atoms with Crippen molar-refractivity contribution < 1.29 is 38.0 Å². The lowest BCUT2D eigenvalue weighted by molar-refractivity contribution is -0.145. The second-order valence-corrected chi connectivity index (χ2v) is 13.6. The molecule has 9 heteroatoms. The minimum absolute atomic E-state index is 0.0396. The van der Waals surface area contributed by atoms with E-state index in [0.29, 0.717) is 65.8 Å². The second-order valence-electron chi connectivity index (χ2n) is 13.6. The molecule has 3 rings (SSSR count). The molecule has 52 heavy (non-hydrogen) atoms. The zero-order chi connectivity index (χ0) is 36.7. The van der Waals surface area contributed by atoms with Crippen LogP contribution in [0.4, 0.5) is 4.79 Å². The molecule has 0 unspecified atom stereocenters. The number of amides is 1. The van der Waals surface area contributed by atoms with Crippen LogP contribution in [-0.4, -0.2) is 84.7 Å². The average Bonchev–Trinajstić information content (AvgIpc) is 3.48. The lowest BCUT2D eigenvalue weighted by Crippen LogP contribution is -2.29. The summed E-state index contributed by atoms with van der Waals surface area (Å²) in [6.45, 7) is 6.62. The van der Waals surface area contributed by atoms with Crippen LogP contribution in [0.3, 0.4) is 0 Å². The van der Waals surface area contributed by atoms with E-state index in [1.54, 1.807) is 0 Å². The van der Waals surface area contributed by atoms with Crippen molar-refractivity contribution in [2.75, 3.05) is 72.6 Å². The third kappa shape index (κ3) is 19.2. The van der Waals surface area contributed by atoms with Gasteiger partial charge in [0, 0.05) is 18.9 Å². The normalized spacial score (nSPS) is 12.1. The van der Waals surface area contributed by atoms with E-state index in [9.17, 15) is 9.59 Å². The van der Waals surface area contributed by atoms with Crippen molar-refractivity contribution in [3.8, 4) is 11.1 Å². The molecule has 1 amide bonds. The molecule has 1 N–H and O–H groups in total. The first-order valence-corrected chi connectivity index (χ1v) is 20.3. The topological polar surface area (TPSA) is 102 Å². The Morgan fingerprint density at radius 3 is 1.44 bits per heavy atom. The summed E-state index contributed by atoms with van der Waals surface area (Å²) in [4.78, 5) is 24.2. The third-order valence-electron chi connectivity index (χ3n) is 9.45. The number of hydrogen-bond acceptors (Lipinski definition) is 8. The highest BCUT2D eigenvalue weighted by molar-refractivity contribution is 5.79. The number of rotatable bonds is 33. The fraction of sp³-hybridized carbons (Fsp3) is 0.674. The van der Waals surface area contributed by atoms with Gasteiger partial charge in [0.2, 0.25) is 0 Å². The number of esters is 1. The van der Waals surface area contributed by atoms with Gasteiger partial charge in [0.25, 0.3) is 0 Å². The van der Waals surface area contributed by atoms with E-state index in [1.807, 2.05) is 24.3 Å². The van der Waals surface area contributed by atoms with Crippen LogP contribution in [0.25, 0.3) is 11.1 Å². The molecule has 0 spiro atoms. The van der Waals surface area contributed by atoms with Gasteiger partial charge in [0.15, 0.2) is 0 Å². The number of hydrogen-bond donors (Lipinski definition) is 1. The van der Waals surface area contributed by atoms with Crippen LogP contribution in [0.5, 0.6) is 0 Å². The first-order chi connectivity index (χ1) is 25.7. The Kier molecular flexibility index (Phi) is 24.6. The molecule has 292 valence electrons. The van der Waals surface area contributed by atoms with Crippen LogP contribution in [-0.2, 0) is 33.2 Å². The Morgan fingerprint density at radius 2 is 0.942 bits per heavy atom. The first-order valence-electron chi connectivity index (χ1n) is 20.3. The number of benzene rings is 2. The molecule has 0 saturated heterocycles. The smallest absolute Gasteiger partial charge is 0.407 e. The van der Waals surface area contributed by atoms with E-state index in [-0.39, 0.29) is 25.1 Å². The van der Waals surface area contributed by atoms with Crippen LogP contribution in [0.15, 0.2) is 48.5 Å². The Balaban J connectivity index is 0.987. The summed E-state index contributed by atoms with van der Waals surface area (Å²) in [5, 5.41) is 2.75. The van der Waals surface area contributed by atoms with Crippen LogP contribution in [0.2, 0.25) is 0 Å². The highest BCUT2D eigenvalue weighted by atomic mass is 16.6. The van der Waals surface area contributed by atoms with E-state index >= 15 is 0 Å². The Bertz CT molecular complexity index is 1160. The van der Waals surface area contributed by atoms with Crippen molar-refractivity contribution in [2.45, 2.75) is 116 Å². The molecule has 2 aromatic rings.